The molecule has 1 N–H and O–H groups in total. The van der Waals surface area contributed by atoms with Crippen LogP contribution in [0.4, 0.5) is 5.13 Å². The molecule has 150 valence electrons. The first-order valence-electron chi connectivity index (χ1n) is 8.80. The minimum atomic E-state index is -0.174. The Labute approximate surface area is 174 Å². The lowest BCUT2D eigenvalue weighted by Crippen LogP contribution is -2.14. The standard InChI is InChI=1S/C18H18N6O3S2/c1-4-14-20-22-17(29-14)19-13(25)9-28-18-23-21-16(24(18)2)12-8-10-6-5-7-11(26-3)15(10)27-12/h5-8H,4,9H2,1-3H3,(H,19,22,25). The van der Waals surface area contributed by atoms with Crippen molar-refractivity contribution in [2.45, 2.75) is 18.5 Å². The number of thioether (sulfide) groups is 1. The second-order valence-corrected chi connectivity index (χ2v) is 8.05. The average Bonchev–Trinajstić information content (AvgIpc) is 3.44. The van der Waals surface area contributed by atoms with Gasteiger partial charge in [0.2, 0.25) is 11.0 Å². The number of para-hydroxylation sites is 1. The fourth-order valence-corrected chi connectivity index (χ4v) is 4.10. The van der Waals surface area contributed by atoms with Gasteiger partial charge in [-0.25, -0.2) is 0 Å². The van der Waals surface area contributed by atoms with E-state index in [1.54, 1.807) is 11.7 Å². The molecule has 0 aliphatic rings. The van der Waals surface area contributed by atoms with Crippen molar-refractivity contribution in [2.75, 3.05) is 18.2 Å². The number of fused-ring (bicyclic) bond motifs is 1. The Morgan fingerprint density at radius 2 is 2.17 bits per heavy atom. The van der Waals surface area contributed by atoms with Gasteiger partial charge in [-0.15, -0.1) is 20.4 Å². The van der Waals surface area contributed by atoms with Gasteiger partial charge in [0.25, 0.3) is 0 Å². The lowest BCUT2D eigenvalue weighted by Gasteiger charge is -2.02. The molecule has 0 atom stereocenters. The second-order valence-electron chi connectivity index (χ2n) is 6.05. The maximum Gasteiger partial charge on any atom is 0.236 e. The molecule has 0 bridgehead atoms. The molecule has 0 fully saturated rings. The SMILES string of the molecule is CCc1nnc(NC(=O)CSc2nnc(-c3cc4cccc(OC)c4o3)n2C)s1. The van der Waals surface area contributed by atoms with Crippen molar-refractivity contribution in [3.63, 3.8) is 0 Å². The topological polar surface area (TPSA) is 108 Å². The van der Waals surface area contributed by atoms with Gasteiger partial charge in [0.1, 0.15) is 5.01 Å². The number of aromatic nitrogens is 5. The van der Waals surface area contributed by atoms with Crippen LogP contribution in [0.25, 0.3) is 22.6 Å². The summed E-state index contributed by atoms with van der Waals surface area (Å²) >= 11 is 2.66. The number of rotatable bonds is 7. The fourth-order valence-electron chi connectivity index (χ4n) is 2.69. The van der Waals surface area contributed by atoms with Crippen molar-refractivity contribution >= 4 is 45.1 Å². The van der Waals surface area contributed by atoms with Crippen molar-refractivity contribution in [1.82, 2.24) is 25.0 Å². The van der Waals surface area contributed by atoms with Crippen LogP contribution in [0.5, 0.6) is 5.75 Å². The Kier molecular flexibility index (Phi) is 5.49. The highest BCUT2D eigenvalue weighted by Crippen LogP contribution is 2.33. The van der Waals surface area contributed by atoms with Gasteiger partial charge in [-0.05, 0) is 18.6 Å². The molecule has 3 aromatic heterocycles. The van der Waals surface area contributed by atoms with Crippen molar-refractivity contribution < 1.29 is 13.9 Å². The molecule has 9 nitrogen and oxygen atoms in total. The number of benzene rings is 1. The normalized spacial score (nSPS) is 11.1. The summed E-state index contributed by atoms with van der Waals surface area (Å²) in [5.41, 5.74) is 0.657. The number of methoxy groups -OCH3 is 1. The largest absolute Gasteiger partial charge is 0.493 e. The monoisotopic (exact) mass is 430 g/mol. The van der Waals surface area contributed by atoms with Crippen LogP contribution in [0.3, 0.4) is 0 Å². The van der Waals surface area contributed by atoms with Crippen LogP contribution in [0.15, 0.2) is 33.8 Å². The smallest absolute Gasteiger partial charge is 0.236 e. The van der Waals surface area contributed by atoms with Gasteiger partial charge in [0.05, 0.1) is 12.9 Å². The zero-order valence-electron chi connectivity index (χ0n) is 16.0. The molecule has 3 heterocycles. The molecule has 0 aliphatic carbocycles. The Bertz CT molecular complexity index is 1170. The van der Waals surface area contributed by atoms with Gasteiger partial charge in [-0.2, -0.15) is 0 Å². The number of aryl methyl sites for hydroxylation is 1. The number of nitrogens with one attached hydrogen (secondary N) is 1. The summed E-state index contributed by atoms with van der Waals surface area (Å²) in [6.07, 6.45) is 0.789. The quantitative estimate of drug-likeness (QED) is 0.445. The van der Waals surface area contributed by atoms with Crippen molar-refractivity contribution in [2.24, 2.45) is 7.05 Å². The van der Waals surface area contributed by atoms with Crippen LogP contribution in [0, 0.1) is 0 Å². The number of anilines is 1. The van der Waals surface area contributed by atoms with E-state index in [0.29, 0.717) is 33.2 Å². The van der Waals surface area contributed by atoms with E-state index in [9.17, 15) is 4.79 Å². The molecule has 11 heteroatoms. The van der Waals surface area contributed by atoms with Crippen molar-refractivity contribution in [3.05, 3.63) is 29.3 Å². The Morgan fingerprint density at radius 1 is 1.31 bits per heavy atom. The third-order valence-electron chi connectivity index (χ3n) is 4.13. The first-order valence-corrected chi connectivity index (χ1v) is 10.6. The first kappa shape index (κ1) is 19.4. The molecular weight excluding hydrogens is 412 g/mol. The van der Waals surface area contributed by atoms with Crippen LogP contribution in [-0.2, 0) is 18.3 Å². The maximum atomic E-state index is 12.2. The molecule has 0 aliphatic heterocycles. The number of nitrogens with zero attached hydrogens (tertiary/aromatic N) is 5. The summed E-state index contributed by atoms with van der Waals surface area (Å²) in [5.74, 6) is 1.82. The summed E-state index contributed by atoms with van der Waals surface area (Å²) in [4.78, 5) is 12.2. The van der Waals surface area contributed by atoms with E-state index in [1.165, 1.54) is 23.1 Å². The van der Waals surface area contributed by atoms with Crippen molar-refractivity contribution in [3.8, 4) is 17.3 Å². The molecule has 0 saturated heterocycles. The molecule has 4 aromatic rings. The number of ether oxygens (including phenoxy) is 1. The molecular formula is C18H18N6O3S2. The predicted molar refractivity (Wildman–Crippen MR) is 111 cm³/mol. The number of amides is 1. The van der Waals surface area contributed by atoms with E-state index in [1.807, 2.05) is 38.2 Å². The molecule has 0 radical (unpaired) electrons. The van der Waals surface area contributed by atoms with Crippen LogP contribution >= 0.6 is 23.1 Å². The van der Waals surface area contributed by atoms with Gasteiger partial charge in [0.15, 0.2) is 28.1 Å². The second kappa shape index (κ2) is 8.21. The van der Waals surface area contributed by atoms with E-state index in [-0.39, 0.29) is 11.7 Å². The lowest BCUT2D eigenvalue weighted by molar-refractivity contribution is -0.113. The van der Waals surface area contributed by atoms with Gasteiger partial charge < -0.3 is 13.7 Å². The molecule has 0 spiro atoms. The Morgan fingerprint density at radius 3 is 2.93 bits per heavy atom. The number of hydrogen-bond acceptors (Lipinski definition) is 9. The molecule has 1 amide bonds. The predicted octanol–water partition coefficient (Wildman–Crippen LogP) is 3.38. The number of carbonyl (C=O) groups excluding carboxylic acids is 1. The van der Waals surface area contributed by atoms with Crippen LogP contribution in [-0.4, -0.2) is 43.7 Å². The Balaban J connectivity index is 1.46. The van der Waals surface area contributed by atoms with E-state index >= 15 is 0 Å². The number of carbonyl (C=O) groups is 1. The summed E-state index contributed by atoms with van der Waals surface area (Å²) < 4.78 is 13.1. The highest BCUT2D eigenvalue weighted by molar-refractivity contribution is 7.99. The molecule has 0 unspecified atom stereocenters. The summed E-state index contributed by atoms with van der Waals surface area (Å²) in [7, 11) is 3.43. The van der Waals surface area contributed by atoms with E-state index in [0.717, 1.165) is 16.8 Å². The average molecular weight is 431 g/mol. The zero-order valence-corrected chi connectivity index (χ0v) is 17.6. The van der Waals surface area contributed by atoms with E-state index < -0.39 is 0 Å². The zero-order chi connectivity index (χ0) is 20.4. The van der Waals surface area contributed by atoms with Crippen LogP contribution in [0.2, 0.25) is 0 Å². The van der Waals surface area contributed by atoms with Gasteiger partial charge >= 0.3 is 0 Å². The first-order chi connectivity index (χ1) is 14.1. The summed E-state index contributed by atoms with van der Waals surface area (Å²) in [6, 6.07) is 7.58. The Hall–Kier alpha value is -2.92. The fraction of sp³-hybridized carbons (Fsp3) is 0.278. The summed E-state index contributed by atoms with van der Waals surface area (Å²) in [6.45, 7) is 1.99. The lowest BCUT2D eigenvalue weighted by atomic mass is 10.2. The third kappa shape index (κ3) is 3.96. The third-order valence-corrected chi connectivity index (χ3v) is 6.13. The highest BCUT2D eigenvalue weighted by atomic mass is 32.2. The maximum absolute atomic E-state index is 12.2. The molecule has 0 saturated carbocycles. The summed E-state index contributed by atoms with van der Waals surface area (Å²) in [5, 5.41) is 22.0. The van der Waals surface area contributed by atoms with Crippen LogP contribution < -0.4 is 10.1 Å². The highest BCUT2D eigenvalue weighted by Gasteiger charge is 2.18. The minimum absolute atomic E-state index is 0.174. The van der Waals surface area contributed by atoms with Gasteiger partial charge in [0, 0.05) is 12.4 Å². The van der Waals surface area contributed by atoms with E-state index in [4.69, 9.17) is 9.15 Å². The number of furan rings is 1. The van der Waals surface area contributed by atoms with Crippen molar-refractivity contribution in [1.29, 1.82) is 0 Å². The van der Waals surface area contributed by atoms with Gasteiger partial charge in [-0.1, -0.05) is 42.2 Å². The molecule has 4 rings (SSSR count). The molecule has 1 aromatic carbocycles. The minimum Gasteiger partial charge on any atom is -0.493 e. The van der Waals surface area contributed by atoms with Crippen LogP contribution in [0.1, 0.15) is 11.9 Å². The molecule has 29 heavy (non-hydrogen) atoms. The number of hydrogen-bond donors (Lipinski definition) is 1. The van der Waals surface area contributed by atoms with E-state index in [2.05, 4.69) is 25.7 Å². The van der Waals surface area contributed by atoms with Gasteiger partial charge in [-0.3, -0.25) is 10.1 Å².